The lowest BCUT2D eigenvalue weighted by molar-refractivity contribution is -0.137. The summed E-state index contributed by atoms with van der Waals surface area (Å²) in [6.45, 7) is 0.427. The highest BCUT2D eigenvalue weighted by Gasteiger charge is 2.32. The number of hydrogen-bond donors (Lipinski definition) is 3. The lowest BCUT2D eigenvalue weighted by Crippen LogP contribution is -2.42. The minimum atomic E-state index is -4.44. The number of rotatable bonds is 6. The van der Waals surface area contributed by atoms with Gasteiger partial charge in [-0.3, -0.25) is 10.0 Å². The first kappa shape index (κ1) is 24.6. The quantitative estimate of drug-likeness (QED) is 0.328. The number of nitrogens with one attached hydrogen (secondary N) is 1. The summed E-state index contributed by atoms with van der Waals surface area (Å²) in [6, 6.07) is 8.12. The van der Waals surface area contributed by atoms with Gasteiger partial charge in [0.2, 0.25) is 0 Å². The number of ether oxygens (including phenoxy) is 1. The van der Waals surface area contributed by atoms with Crippen LogP contribution in [-0.4, -0.2) is 55.8 Å². The Kier molecular flexibility index (Phi) is 7.00. The van der Waals surface area contributed by atoms with Crippen LogP contribution in [0.25, 0.3) is 0 Å². The number of alkyl halides is 3. The monoisotopic (exact) mass is 486 g/mol. The predicted molar refractivity (Wildman–Crippen MR) is 113 cm³/mol. The molecule has 1 amide bonds. The number of benzene rings is 2. The molecule has 0 radical (unpaired) electrons. The second-order valence-electron chi connectivity index (χ2n) is 7.33. The maximum Gasteiger partial charge on any atom is 0.416 e. The van der Waals surface area contributed by atoms with Crippen molar-refractivity contribution in [1.29, 1.82) is 0 Å². The van der Waals surface area contributed by atoms with Gasteiger partial charge in [-0.05, 0) is 55.1 Å². The van der Waals surface area contributed by atoms with E-state index in [1.807, 2.05) is 0 Å². The molecule has 1 aliphatic heterocycles. The first-order chi connectivity index (χ1) is 15.4. The molecule has 12 heteroatoms. The summed E-state index contributed by atoms with van der Waals surface area (Å²) in [5.74, 6) is 1.45. The van der Waals surface area contributed by atoms with E-state index >= 15 is 0 Å². The Morgan fingerprint density at radius 1 is 1.12 bits per heavy atom. The predicted octanol–water partition coefficient (Wildman–Crippen LogP) is 3.06. The SMILES string of the molecule is C=S(=O)(c1cccc(C(=O)O)c1C(=O)NO)N1CCC(Oc2ccc(C(F)(F)F)cc2)CC1. The average molecular weight is 486 g/mol. The van der Waals surface area contributed by atoms with Crippen LogP contribution >= 0.6 is 0 Å². The molecule has 3 N–H and O–H groups in total. The highest BCUT2D eigenvalue weighted by atomic mass is 32.2. The van der Waals surface area contributed by atoms with Crippen LogP contribution in [0.2, 0.25) is 0 Å². The summed E-state index contributed by atoms with van der Waals surface area (Å²) in [7, 11) is -3.30. The van der Waals surface area contributed by atoms with E-state index in [1.54, 1.807) is 0 Å². The number of carbonyl (C=O) groups is 2. The highest BCUT2D eigenvalue weighted by Crippen LogP contribution is 2.31. The van der Waals surface area contributed by atoms with Crippen LogP contribution < -0.4 is 10.2 Å². The minimum Gasteiger partial charge on any atom is -0.490 e. The summed E-state index contributed by atoms with van der Waals surface area (Å²) < 4.78 is 58.9. The Hall–Kier alpha value is -3.09. The largest absolute Gasteiger partial charge is 0.490 e. The Morgan fingerprint density at radius 3 is 2.24 bits per heavy atom. The van der Waals surface area contributed by atoms with Gasteiger partial charge in [-0.15, -0.1) is 0 Å². The van der Waals surface area contributed by atoms with Gasteiger partial charge in [0.05, 0.1) is 31.3 Å². The van der Waals surface area contributed by atoms with Crippen molar-refractivity contribution in [2.24, 2.45) is 0 Å². The smallest absolute Gasteiger partial charge is 0.416 e. The van der Waals surface area contributed by atoms with Crippen LogP contribution in [0.3, 0.4) is 0 Å². The standard InChI is InChI=1S/C21H21F3N2O6S/c1-33(31,17-4-2-3-16(20(28)29)18(17)19(27)25-30)26-11-9-15(10-12-26)32-14-7-5-13(6-8-14)21(22,23)24/h2-8,15,30H,1,9-12H2,(H,25,27)(H,28,29). The average Bonchev–Trinajstić information content (AvgIpc) is 2.78. The molecule has 1 atom stereocenters. The first-order valence-corrected chi connectivity index (χ1v) is 11.4. The van der Waals surface area contributed by atoms with Gasteiger partial charge in [0.25, 0.3) is 5.91 Å². The Bertz CT molecular complexity index is 1140. The van der Waals surface area contributed by atoms with Crippen molar-refractivity contribution in [2.75, 3.05) is 13.1 Å². The van der Waals surface area contributed by atoms with Crippen molar-refractivity contribution < 1.29 is 42.0 Å². The van der Waals surface area contributed by atoms with Gasteiger partial charge in [0.1, 0.15) is 11.9 Å². The number of aromatic carboxylic acids is 1. The number of hydrogen-bond acceptors (Lipinski definition) is 5. The number of piperidine rings is 1. The maximum absolute atomic E-state index is 13.6. The third kappa shape index (κ3) is 5.29. The van der Waals surface area contributed by atoms with E-state index in [2.05, 4.69) is 5.87 Å². The van der Waals surface area contributed by atoms with E-state index in [1.165, 1.54) is 34.1 Å². The molecule has 2 aromatic rings. The summed E-state index contributed by atoms with van der Waals surface area (Å²) in [4.78, 5) is 23.5. The minimum absolute atomic E-state index is 0.129. The normalized spacial score (nSPS) is 17.2. The van der Waals surface area contributed by atoms with Gasteiger partial charge in [-0.25, -0.2) is 18.8 Å². The van der Waals surface area contributed by atoms with Gasteiger partial charge in [-0.1, -0.05) is 6.07 Å². The molecule has 0 bridgehead atoms. The Balaban J connectivity index is 1.75. The maximum atomic E-state index is 13.6. The fraction of sp³-hybridized carbons (Fsp3) is 0.286. The van der Waals surface area contributed by atoms with Crippen LogP contribution in [0.4, 0.5) is 13.2 Å². The van der Waals surface area contributed by atoms with E-state index in [0.717, 1.165) is 18.2 Å². The van der Waals surface area contributed by atoms with Crippen molar-refractivity contribution in [2.45, 2.75) is 30.0 Å². The summed E-state index contributed by atoms with van der Waals surface area (Å²) in [5, 5.41) is 18.4. The first-order valence-electron chi connectivity index (χ1n) is 9.72. The Morgan fingerprint density at radius 2 is 1.73 bits per heavy atom. The number of hydroxylamine groups is 1. The molecule has 8 nitrogen and oxygen atoms in total. The van der Waals surface area contributed by atoms with E-state index in [9.17, 15) is 32.1 Å². The number of nitrogens with zero attached hydrogens (tertiary/aromatic N) is 1. The molecule has 3 rings (SSSR count). The zero-order valence-electron chi connectivity index (χ0n) is 17.2. The second-order valence-corrected chi connectivity index (χ2v) is 9.57. The van der Waals surface area contributed by atoms with Gasteiger partial charge < -0.3 is 9.84 Å². The number of carbonyl (C=O) groups excluding carboxylic acids is 1. The molecule has 33 heavy (non-hydrogen) atoms. The number of carboxylic acids is 1. The summed E-state index contributed by atoms with van der Waals surface area (Å²) in [6.07, 6.45) is -4.05. The zero-order valence-corrected chi connectivity index (χ0v) is 18.0. The molecule has 0 spiro atoms. The molecule has 1 aliphatic rings. The summed E-state index contributed by atoms with van der Waals surface area (Å²) >= 11 is 0. The van der Waals surface area contributed by atoms with Crippen LogP contribution in [0.15, 0.2) is 47.4 Å². The molecule has 0 saturated carbocycles. The topological polar surface area (TPSA) is 116 Å². The van der Waals surface area contributed by atoms with Crippen molar-refractivity contribution in [3.8, 4) is 5.75 Å². The van der Waals surface area contributed by atoms with Crippen LogP contribution in [0.1, 0.15) is 39.1 Å². The van der Waals surface area contributed by atoms with E-state index in [4.69, 9.17) is 9.94 Å². The zero-order chi connectivity index (χ0) is 24.4. The number of amides is 1. The van der Waals surface area contributed by atoms with E-state index in [-0.39, 0.29) is 29.8 Å². The van der Waals surface area contributed by atoms with Crippen molar-refractivity contribution >= 4 is 27.5 Å². The third-order valence-electron chi connectivity index (χ3n) is 5.23. The van der Waals surface area contributed by atoms with E-state index in [0.29, 0.717) is 12.8 Å². The van der Waals surface area contributed by atoms with Gasteiger partial charge in [0.15, 0.2) is 0 Å². The van der Waals surface area contributed by atoms with Gasteiger partial charge in [-0.2, -0.15) is 13.2 Å². The summed E-state index contributed by atoms with van der Waals surface area (Å²) in [5.41, 5.74) is -0.292. The molecule has 1 saturated heterocycles. The lowest BCUT2D eigenvalue weighted by Gasteiger charge is -2.34. The number of halogens is 3. The van der Waals surface area contributed by atoms with Gasteiger partial charge >= 0.3 is 12.1 Å². The molecule has 1 heterocycles. The van der Waals surface area contributed by atoms with Crippen LogP contribution in [-0.2, 0) is 15.9 Å². The van der Waals surface area contributed by atoms with Crippen molar-refractivity contribution in [3.63, 3.8) is 0 Å². The van der Waals surface area contributed by atoms with Crippen LogP contribution in [0.5, 0.6) is 5.75 Å². The van der Waals surface area contributed by atoms with Crippen molar-refractivity contribution in [3.05, 3.63) is 59.2 Å². The molecular formula is C21H21F3N2O6S. The molecule has 0 aromatic heterocycles. The second kappa shape index (κ2) is 9.41. The number of carboxylic acid groups (broad SMARTS) is 1. The molecule has 2 aromatic carbocycles. The highest BCUT2D eigenvalue weighted by molar-refractivity contribution is 7.98. The fourth-order valence-electron chi connectivity index (χ4n) is 3.56. The molecule has 1 fully saturated rings. The lowest BCUT2D eigenvalue weighted by atomic mass is 10.1. The molecule has 178 valence electrons. The third-order valence-corrected chi connectivity index (χ3v) is 7.46. The van der Waals surface area contributed by atoms with Crippen LogP contribution in [0, 0.1) is 0 Å². The van der Waals surface area contributed by atoms with Gasteiger partial charge in [0, 0.05) is 13.1 Å². The molecule has 0 aliphatic carbocycles. The van der Waals surface area contributed by atoms with Crippen molar-refractivity contribution in [1.82, 2.24) is 9.79 Å². The Labute approximate surface area is 187 Å². The van der Waals surface area contributed by atoms with E-state index < -0.39 is 44.5 Å². The molecular weight excluding hydrogens is 465 g/mol. The fourth-order valence-corrected chi connectivity index (χ4v) is 5.46. The molecule has 1 unspecified atom stereocenters.